The van der Waals surface area contributed by atoms with Crippen molar-refractivity contribution in [1.82, 2.24) is 13.7 Å². The van der Waals surface area contributed by atoms with E-state index < -0.39 is 11.7 Å². The molecule has 0 unspecified atom stereocenters. The molecular formula is C27H21ClN4O3. The van der Waals surface area contributed by atoms with Crippen LogP contribution in [0.5, 0.6) is 5.75 Å². The van der Waals surface area contributed by atoms with Crippen molar-refractivity contribution < 1.29 is 5.11 Å². The summed E-state index contributed by atoms with van der Waals surface area (Å²) >= 11 is 6.18. The molecule has 1 aliphatic heterocycles. The van der Waals surface area contributed by atoms with Crippen molar-refractivity contribution >= 4 is 28.2 Å². The number of nitrogens with one attached hydrogen (secondary N) is 1. The fourth-order valence-corrected chi connectivity index (χ4v) is 5.18. The quantitative estimate of drug-likeness (QED) is 0.384. The van der Waals surface area contributed by atoms with Gasteiger partial charge < -0.3 is 15.0 Å². The lowest BCUT2D eigenvalue weighted by Crippen LogP contribution is -2.37. The van der Waals surface area contributed by atoms with Crippen molar-refractivity contribution in [2.24, 2.45) is 14.1 Å². The van der Waals surface area contributed by atoms with E-state index in [1.165, 1.54) is 11.6 Å². The normalized spacial score (nSPS) is 14.4. The number of aryl methyl sites for hydroxylation is 1. The summed E-state index contributed by atoms with van der Waals surface area (Å²) in [5.74, 6) is 0.133. The second-order valence-corrected chi connectivity index (χ2v) is 9.13. The Morgan fingerprint density at radius 1 is 0.914 bits per heavy atom. The van der Waals surface area contributed by atoms with Crippen LogP contribution >= 0.6 is 11.6 Å². The molecule has 0 saturated carbocycles. The molecule has 0 bridgehead atoms. The van der Waals surface area contributed by atoms with E-state index in [-0.39, 0.29) is 11.3 Å². The Hall–Kier alpha value is -4.23. The first-order valence-electron chi connectivity index (χ1n) is 11.1. The Labute approximate surface area is 205 Å². The maximum atomic E-state index is 13.6. The Morgan fingerprint density at radius 3 is 2.40 bits per heavy atom. The molecular weight excluding hydrogens is 464 g/mol. The maximum Gasteiger partial charge on any atom is 0.331 e. The minimum atomic E-state index is -0.432. The highest BCUT2D eigenvalue weighted by molar-refractivity contribution is 6.30. The summed E-state index contributed by atoms with van der Waals surface area (Å²) in [6, 6.07) is 21.7. The molecule has 8 heteroatoms. The summed E-state index contributed by atoms with van der Waals surface area (Å²) in [5.41, 5.74) is 4.50. The minimum Gasteiger partial charge on any atom is -0.508 e. The van der Waals surface area contributed by atoms with Crippen LogP contribution in [0.2, 0.25) is 5.02 Å². The number of para-hydroxylation sites is 2. The number of phenols is 1. The average molecular weight is 485 g/mol. The summed E-state index contributed by atoms with van der Waals surface area (Å²) in [6.45, 7) is 0. The molecule has 0 radical (unpaired) electrons. The second kappa shape index (κ2) is 7.65. The second-order valence-electron chi connectivity index (χ2n) is 8.70. The number of fused-ring (bicyclic) bond motifs is 5. The summed E-state index contributed by atoms with van der Waals surface area (Å²) in [4.78, 5) is 26.7. The first kappa shape index (κ1) is 21.3. The molecule has 35 heavy (non-hydrogen) atoms. The Bertz CT molecular complexity index is 1760. The van der Waals surface area contributed by atoms with Crippen LogP contribution in [0.4, 0.5) is 5.69 Å². The van der Waals surface area contributed by atoms with E-state index in [1.54, 1.807) is 37.4 Å². The van der Waals surface area contributed by atoms with E-state index in [9.17, 15) is 14.7 Å². The number of aromatic nitrogens is 3. The zero-order valence-corrected chi connectivity index (χ0v) is 19.7. The van der Waals surface area contributed by atoms with Crippen molar-refractivity contribution in [2.45, 2.75) is 6.04 Å². The standard InChI is InChI=1S/C27H21ClN4O3/c1-30-24-21(26(34)31(2)27(30)35)23(15-10-12-17(28)13-11-15)32-20-9-4-3-8-19(20)29-22(25(24)32)16-6-5-7-18(33)14-16/h3-14,22,29,33H,1-2H3/t22-/m1/s1. The van der Waals surface area contributed by atoms with Crippen molar-refractivity contribution in [3.05, 3.63) is 110 Å². The fraction of sp³-hybridized carbons (Fsp3) is 0.111. The van der Waals surface area contributed by atoms with Gasteiger partial charge in [0.25, 0.3) is 5.56 Å². The summed E-state index contributed by atoms with van der Waals surface area (Å²) in [6.07, 6.45) is 0. The molecule has 0 fully saturated rings. The number of aromatic hydroxyl groups is 1. The minimum absolute atomic E-state index is 0.133. The number of halogens is 1. The van der Waals surface area contributed by atoms with E-state index in [0.717, 1.165) is 32.8 Å². The molecule has 6 rings (SSSR count). The zero-order valence-electron chi connectivity index (χ0n) is 19.0. The van der Waals surface area contributed by atoms with Gasteiger partial charge in [0.1, 0.15) is 5.75 Å². The van der Waals surface area contributed by atoms with Gasteiger partial charge in [-0.05, 0) is 47.5 Å². The average Bonchev–Trinajstić information content (AvgIpc) is 3.23. The van der Waals surface area contributed by atoms with Gasteiger partial charge in [0.05, 0.1) is 39.7 Å². The molecule has 0 amide bonds. The summed E-state index contributed by atoms with van der Waals surface area (Å²) in [5, 5.41) is 14.8. The van der Waals surface area contributed by atoms with Crippen LogP contribution in [-0.2, 0) is 14.1 Å². The van der Waals surface area contributed by atoms with Crippen LogP contribution in [0.3, 0.4) is 0 Å². The molecule has 2 aromatic heterocycles. The lowest BCUT2D eigenvalue weighted by atomic mass is 9.99. The number of nitrogens with zero attached hydrogens (tertiary/aromatic N) is 3. The van der Waals surface area contributed by atoms with Crippen LogP contribution in [0.15, 0.2) is 82.4 Å². The van der Waals surface area contributed by atoms with Crippen molar-refractivity contribution in [1.29, 1.82) is 0 Å². The van der Waals surface area contributed by atoms with Crippen LogP contribution < -0.4 is 16.6 Å². The Morgan fingerprint density at radius 2 is 1.66 bits per heavy atom. The SMILES string of the molecule is Cn1c(=O)c2c(-c3ccc(Cl)cc3)n3c(c2n(C)c1=O)[C@@H](c1cccc(O)c1)Nc1ccccc1-3. The van der Waals surface area contributed by atoms with Crippen molar-refractivity contribution in [2.75, 3.05) is 5.32 Å². The van der Waals surface area contributed by atoms with Gasteiger partial charge in [-0.2, -0.15) is 0 Å². The van der Waals surface area contributed by atoms with Gasteiger partial charge in [-0.15, -0.1) is 0 Å². The van der Waals surface area contributed by atoms with E-state index in [2.05, 4.69) is 9.88 Å². The number of hydrogen-bond donors (Lipinski definition) is 2. The largest absolute Gasteiger partial charge is 0.508 e. The summed E-state index contributed by atoms with van der Waals surface area (Å²) in [7, 11) is 3.17. The topological polar surface area (TPSA) is 81.2 Å². The Kier molecular flexibility index (Phi) is 4.66. The van der Waals surface area contributed by atoms with Crippen LogP contribution in [0, 0.1) is 0 Å². The lowest BCUT2D eigenvalue weighted by molar-refractivity contribution is 0.474. The molecule has 1 aliphatic rings. The van der Waals surface area contributed by atoms with E-state index in [1.807, 2.05) is 42.5 Å². The van der Waals surface area contributed by atoms with Crippen molar-refractivity contribution in [3.8, 4) is 22.7 Å². The van der Waals surface area contributed by atoms with Crippen LogP contribution in [0.1, 0.15) is 17.3 Å². The lowest BCUT2D eigenvalue weighted by Gasteiger charge is -2.31. The Balaban J connectivity index is 1.86. The molecule has 3 aromatic carbocycles. The highest BCUT2D eigenvalue weighted by Crippen LogP contribution is 2.45. The molecule has 0 aliphatic carbocycles. The van der Waals surface area contributed by atoms with E-state index in [4.69, 9.17) is 11.6 Å². The molecule has 174 valence electrons. The summed E-state index contributed by atoms with van der Waals surface area (Å²) < 4.78 is 4.71. The van der Waals surface area contributed by atoms with Crippen LogP contribution in [-0.4, -0.2) is 18.8 Å². The fourth-order valence-electron chi connectivity index (χ4n) is 5.05. The smallest absolute Gasteiger partial charge is 0.331 e. The van der Waals surface area contributed by atoms with Gasteiger partial charge >= 0.3 is 5.69 Å². The third kappa shape index (κ3) is 3.05. The number of rotatable bonds is 2. The molecule has 0 saturated heterocycles. The molecule has 0 spiro atoms. The predicted octanol–water partition coefficient (Wildman–Crippen LogP) is 4.57. The third-order valence-corrected chi connectivity index (χ3v) is 6.90. The highest BCUT2D eigenvalue weighted by Gasteiger charge is 2.34. The zero-order chi connectivity index (χ0) is 24.4. The van der Waals surface area contributed by atoms with E-state index in [0.29, 0.717) is 21.6 Å². The molecule has 3 heterocycles. The predicted molar refractivity (Wildman–Crippen MR) is 138 cm³/mol. The van der Waals surface area contributed by atoms with Gasteiger partial charge in [-0.1, -0.05) is 48.0 Å². The van der Waals surface area contributed by atoms with Gasteiger partial charge in [0, 0.05) is 19.1 Å². The number of benzene rings is 3. The van der Waals surface area contributed by atoms with Gasteiger partial charge in [0.2, 0.25) is 0 Å². The van der Waals surface area contributed by atoms with E-state index >= 15 is 0 Å². The van der Waals surface area contributed by atoms with Gasteiger partial charge in [-0.3, -0.25) is 13.9 Å². The maximum absolute atomic E-state index is 13.6. The van der Waals surface area contributed by atoms with Gasteiger partial charge in [0.15, 0.2) is 0 Å². The number of anilines is 1. The van der Waals surface area contributed by atoms with Gasteiger partial charge in [-0.25, -0.2) is 4.79 Å². The molecule has 7 nitrogen and oxygen atoms in total. The first-order valence-corrected chi connectivity index (χ1v) is 11.5. The molecule has 2 N–H and O–H groups in total. The highest BCUT2D eigenvalue weighted by atomic mass is 35.5. The van der Waals surface area contributed by atoms with Crippen molar-refractivity contribution in [3.63, 3.8) is 0 Å². The molecule has 5 aromatic rings. The number of hydrogen-bond acceptors (Lipinski definition) is 4. The number of phenolic OH excluding ortho intramolecular Hbond substituents is 1. The van der Waals surface area contributed by atoms with Crippen LogP contribution in [0.25, 0.3) is 27.8 Å². The third-order valence-electron chi connectivity index (χ3n) is 6.65. The monoisotopic (exact) mass is 484 g/mol. The first-order chi connectivity index (χ1) is 16.9. The molecule has 1 atom stereocenters.